The molecule has 4 heteroatoms. The van der Waals surface area contributed by atoms with Crippen molar-refractivity contribution in [3.63, 3.8) is 0 Å². The predicted octanol–water partition coefficient (Wildman–Crippen LogP) is 3.42. The lowest BCUT2D eigenvalue weighted by Gasteiger charge is -1.82. The van der Waals surface area contributed by atoms with E-state index in [1.807, 2.05) is 6.07 Å². The number of halogens is 2. The summed E-state index contributed by atoms with van der Waals surface area (Å²) in [6.45, 7) is 0. The Labute approximate surface area is 73.0 Å². The molecule has 1 aromatic rings. The van der Waals surface area contributed by atoms with Crippen LogP contribution in [0.3, 0.4) is 0 Å². The first-order chi connectivity index (χ1) is 4.81. The van der Waals surface area contributed by atoms with Gasteiger partial charge >= 0.3 is 0 Å². The topological polar surface area (TPSA) is 20.2 Å². The van der Waals surface area contributed by atoms with Gasteiger partial charge in [0.1, 0.15) is 5.75 Å². The second kappa shape index (κ2) is 7.06. The minimum atomic E-state index is 0.322. The Hall–Kier alpha value is -0.0500. The first-order valence-corrected chi connectivity index (χ1v) is 4.91. The molecule has 0 heterocycles. The molecule has 0 amide bonds. The molecule has 0 aliphatic heterocycles. The maximum Gasteiger partial charge on any atom is 0.115 e. The third-order valence-corrected chi connectivity index (χ3v) is 0.756. The van der Waals surface area contributed by atoms with Gasteiger partial charge < -0.3 is 5.11 Å². The molecule has 0 aliphatic carbocycles. The van der Waals surface area contributed by atoms with Crippen LogP contribution in [0.5, 0.6) is 5.75 Å². The number of hydrogen-bond donors (Lipinski definition) is 1. The molecule has 0 spiro atoms. The second-order valence-corrected chi connectivity index (χ2v) is 2.91. The minimum absolute atomic E-state index is 0.322. The number of hydrogen-bond acceptors (Lipinski definition) is 2. The molecule has 56 valence electrons. The quantitative estimate of drug-likeness (QED) is 0.687. The highest BCUT2D eigenvalue weighted by Gasteiger charge is 1.74. The smallest absolute Gasteiger partial charge is 0.115 e. The van der Waals surface area contributed by atoms with Gasteiger partial charge in [0.05, 0.1) is 10.2 Å². The highest BCUT2D eigenvalue weighted by Crippen LogP contribution is 2.08. The van der Waals surface area contributed by atoms with Crippen LogP contribution in [0.15, 0.2) is 30.3 Å². The van der Waals surface area contributed by atoms with Crippen molar-refractivity contribution in [2.75, 3.05) is 0 Å². The molecule has 0 fully saturated rings. The molecule has 1 nitrogen and oxygen atoms in total. The zero-order valence-corrected chi connectivity index (χ0v) is 7.33. The van der Waals surface area contributed by atoms with Gasteiger partial charge in [-0.1, -0.05) is 18.2 Å². The van der Waals surface area contributed by atoms with Crippen LogP contribution >= 0.6 is 31.6 Å². The van der Waals surface area contributed by atoms with Crippen molar-refractivity contribution in [1.82, 2.24) is 0 Å². The highest BCUT2D eigenvalue weighted by molar-refractivity contribution is 8.38. The van der Waals surface area contributed by atoms with Crippen LogP contribution in [-0.2, 0) is 0 Å². The summed E-state index contributed by atoms with van der Waals surface area (Å²) in [5.74, 6) is 0.322. The first kappa shape index (κ1) is 9.95. The van der Waals surface area contributed by atoms with Crippen molar-refractivity contribution < 1.29 is 5.11 Å². The predicted molar refractivity (Wildman–Crippen MR) is 47.4 cm³/mol. The van der Waals surface area contributed by atoms with Crippen molar-refractivity contribution in [2.45, 2.75) is 0 Å². The molecule has 0 saturated carbocycles. The van der Waals surface area contributed by atoms with E-state index in [9.17, 15) is 0 Å². The van der Waals surface area contributed by atoms with E-state index < -0.39 is 0 Å². The third kappa shape index (κ3) is 6.08. The molecule has 1 rings (SSSR count). The van der Waals surface area contributed by atoms with Gasteiger partial charge in [-0.3, -0.25) is 0 Å². The van der Waals surface area contributed by atoms with Crippen molar-refractivity contribution in [2.24, 2.45) is 0 Å². The zero-order valence-electron chi connectivity index (χ0n) is 5.00. The summed E-state index contributed by atoms with van der Waals surface area (Å²) in [4.78, 5) is 0. The van der Waals surface area contributed by atoms with Crippen LogP contribution in [-0.4, -0.2) is 5.11 Å². The minimum Gasteiger partial charge on any atom is -0.508 e. The first-order valence-electron chi connectivity index (χ1n) is 2.44. The molecular weight excluding hydrogens is 191 g/mol. The lowest BCUT2D eigenvalue weighted by molar-refractivity contribution is 0.475. The number of rotatable bonds is 0. The fourth-order valence-corrected chi connectivity index (χ4v) is 0.428. The largest absolute Gasteiger partial charge is 0.508 e. The highest BCUT2D eigenvalue weighted by atomic mass is 36.0. The molecule has 0 unspecified atom stereocenters. The molecule has 1 aromatic carbocycles. The maximum absolute atomic E-state index is 8.63. The molecule has 0 radical (unpaired) electrons. The van der Waals surface area contributed by atoms with E-state index in [4.69, 9.17) is 5.11 Å². The number of benzene rings is 1. The molecule has 10 heavy (non-hydrogen) atoms. The van der Waals surface area contributed by atoms with Crippen molar-refractivity contribution in [1.29, 1.82) is 0 Å². The van der Waals surface area contributed by atoms with Gasteiger partial charge in [-0.25, -0.2) is 0 Å². The van der Waals surface area contributed by atoms with Gasteiger partial charge in [0, 0.05) is 0 Å². The van der Waals surface area contributed by atoms with E-state index in [2.05, 4.69) is 21.4 Å². The number of para-hydroxylation sites is 1. The summed E-state index contributed by atoms with van der Waals surface area (Å²) in [5.41, 5.74) is 0. The monoisotopic (exact) mass is 196 g/mol. The molecule has 0 aromatic heterocycles. The van der Waals surface area contributed by atoms with Crippen molar-refractivity contribution >= 4 is 31.6 Å². The van der Waals surface area contributed by atoms with E-state index >= 15 is 0 Å². The molecule has 0 atom stereocenters. The van der Waals surface area contributed by atoms with Crippen molar-refractivity contribution in [3.05, 3.63) is 30.3 Å². The summed E-state index contributed by atoms with van der Waals surface area (Å²) in [6, 6.07) is 8.71. The van der Waals surface area contributed by atoms with Crippen LogP contribution in [0.2, 0.25) is 0 Å². The Kier molecular flexibility index (Phi) is 7.03. The van der Waals surface area contributed by atoms with E-state index in [-0.39, 0.29) is 0 Å². The fourth-order valence-electron chi connectivity index (χ4n) is 0.428. The SMILES string of the molecule is ClSCl.Oc1ccccc1. The Morgan fingerprint density at radius 2 is 1.50 bits per heavy atom. The summed E-state index contributed by atoms with van der Waals surface area (Å²) in [6.07, 6.45) is 0. The Morgan fingerprint density at radius 3 is 1.70 bits per heavy atom. The fraction of sp³-hybridized carbons (Fsp3) is 0. The summed E-state index contributed by atoms with van der Waals surface area (Å²) < 4.78 is 0. The molecule has 0 saturated heterocycles. The molecule has 0 aliphatic rings. The second-order valence-electron chi connectivity index (χ2n) is 1.39. The van der Waals surface area contributed by atoms with Gasteiger partial charge in [0.15, 0.2) is 0 Å². The van der Waals surface area contributed by atoms with Gasteiger partial charge in [0.2, 0.25) is 0 Å². The van der Waals surface area contributed by atoms with Crippen LogP contribution in [0, 0.1) is 0 Å². The van der Waals surface area contributed by atoms with Crippen molar-refractivity contribution in [3.8, 4) is 5.75 Å². The van der Waals surface area contributed by atoms with Crippen LogP contribution in [0.1, 0.15) is 0 Å². The lowest BCUT2D eigenvalue weighted by atomic mass is 10.3. The molecule has 0 bridgehead atoms. The standard InChI is InChI=1S/C6H6O.Cl2S/c7-6-4-2-1-3-5-6;1-3-2/h1-5,7H;. The van der Waals surface area contributed by atoms with Crippen LogP contribution in [0.25, 0.3) is 0 Å². The molecular formula is C6H6Cl2OS. The lowest BCUT2D eigenvalue weighted by Crippen LogP contribution is -1.56. The summed E-state index contributed by atoms with van der Waals surface area (Å²) in [5, 5.41) is 8.63. The summed E-state index contributed by atoms with van der Waals surface area (Å²) >= 11 is 0. The zero-order chi connectivity index (χ0) is 7.82. The van der Waals surface area contributed by atoms with Gasteiger partial charge in [-0.2, -0.15) is 0 Å². The maximum atomic E-state index is 8.63. The number of phenolic OH excluding ortho intramolecular Hbond substituents is 1. The Bertz CT molecular complexity index is 157. The average Bonchev–Trinajstić information content (AvgIpc) is 1.91. The molecule has 1 N–H and O–H groups in total. The van der Waals surface area contributed by atoms with E-state index in [0.717, 1.165) is 0 Å². The number of aromatic hydroxyl groups is 1. The average molecular weight is 197 g/mol. The van der Waals surface area contributed by atoms with E-state index in [0.29, 0.717) is 15.9 Å². The van der Waals surface area contributed by atoms with Crippen LogP contribution in [0.4, 0.5) is 0 Å². The summed E-state index contributed by atoms with van der Waals surface area (Å²) in [7, 11) is 10.1. The normalized spacial score (nSPS) is 7.80. The van der Waals surface area contributed by atoms with Crippen LogP contribution < -0.4 is 0 Å². The van der Waals surface area contributed by atoms with Gasteiger partial charge in [-0.15, -0.1) is 0 Å². The third-order valence-electron chi connectivity index (χ3n) is 0.756. The van der Waals surface area contributed by atoms with Gasteiger partial charge in [-0.05, 0) is 33.5 Å². The Balaban J connectivity index is 0.000000236. The Morgan fingerprint density at radius 1 is 1.10 bits per heavy atom. The number of phenols is 1. The van der Waals surface area contributed by atoms with Gasteiger partial charge in [0.25, 0.3) is 0 Å². The van der Waals surface area contributed by atoms with E-state index in [1.54, 1.807) is 24.3 Å². The van der Waals surface area contributed by atoms with E-state index in [1.165, 1.54) is 0 Å².